The number of carbonyl (C=O) groups is 3. The van der Waals surface area contributed by atoms with Crippen LogP contribution in [-0.4, -0.2) is 59.0 Å². The summed E-state index contributed by atoms with van der Waals surface area (Å²) in [6, 6.07) is 5.14. The molecule has 2 saturated heterocycles. The smallest absolute Gasteiger partial charge is 0.255 e. The molecule has 3 heterocycles. The van der Waals surface area contributed by atoms with Gasteiger partial charge in [0.2, 0.25) is 11.8 Å². The van der Waals surface area contributed by atoms with Gasteiger partial charge >= 0.3 is 0 Å². The Kier molecular flexibility index (Phi) is 5.90. The average molecular weight is 415 g/mol. The Balaban J connectivity index is 1.42. The van der Waals surface area contributed by atoms with E-state index < -0.39 is 17.6 Å². The SMILES string of the molecule is CC(O)(CNCc1cccc2c1C(=O)N(C1CCC(=O)NC1=O)C2)C1CCNCC1. The lowest BCUT2D eigenvalue weighted by Crippen LogP contribution is -2.52. The third-order valence-electron chi connectivity index (χ3n) is 6.66. The molecule has 162 valence electrons. The van der Waals surface area contributed by atoms with Gasteiger partial charge in [0.05, 0.1) is 5.60 Å². The zero-order chi connectivity index (χ0) is 21.3. The Bertz CT molecular complexity index is 848. The number of imide groups is 1. The molecular weight excluding hydrogens is 384 g/mol. The van der Waals surface area contributed by atoms with Gasteiger partial charge in [0.25, 0.3) is 5.91 Å². The highest BCUT2D eigenvalue weighted by Gasteiger charge is 2.40. The van der Waals surface area contributed by atoms with Gasteiger partial charge in [-0.05, 0) is 56.3 Å². The summed E-state index contributed by atoms with van der Waals surface area (Å²) in [6.45, 7) is 5.03. The zero-order valence-electron chi connectivity index (χ0n) is 17.4. The van der Waals surface area contributed by atoms with Crippen LogP contribution in [0.2, 0.25) is 0 Å². The highest BCUT2D eigenvalue weighted by Crippen LogP contribution is 2.30. The molecule has 0 radical (unpaired) electrons. The van der Waals surface area contributed by atoms with Crippen molar-refractivity contribution in [3.8, 4) is 0 Å². The lowest BCUT2D eigenvalue weighted by molar-refractivity contribution is -0.136. The number of fused-ring (bicyclic) bond motifs is 1. The number of nitrogens with one attached hydrogen (secondary N) is 3. The number of aliphatic hydroxyl groups is 1. The molecule has 2 fully saturated rings. The molecule has 0 aliphatic carbocycles. The molecular formula is C22H30N4O4. The molecule has 2 unspecified atom stereocenters. The van der Waals surface area contributed by atoms with Gasteiger partial charge in [0, 0.05) is 31.6 Å². The van der Waals surface area contributed by atoms with Crippen molar-refractivity contribution in [3.63, 3.8) is 0 Å². The number of benzene rings is 1. The fourth-order valence-corrected chi connectivity index (χ4v) is 4.88. The van der Waals surface area contributed by atoms with Crippen molar-refractivity contribution in [2.75, 3.05) is 19.6 Å². The Labute approximate surface area is 176 Å². The normalized spacial score (nSPS) is 24.5. The zero-order valence-corrected chi connectivity index (χ0v) is 17.4. The standard InChI is InChI=1S/C22H30N4O4/c1-22(30,16-7-9-23-10-8-16)13-24-11-14-3-2-4-15-12-26(21(29)19(14)15)17-5-6-18(27)25-20(17)28/h2-4,16-17,23-24,30H,5-13H2,1H3,(H,25,27,28). The maximum Gasteiger partial charge on any atom is 0.255 e. The van der Waals surface area contributed by atoms with Crippen molar-refractivity contribution in [1.82, 2.24) is 20.9 Å². The van der Waals surface area contributed by atoms with Crippen molar-refractivity contribution in [1.29, 1.82) is 0 Å². The first-order valence-electron chi connectivity index (χ1n) is 10.8. The van der Waals surface area contributed by atoms with Crippen LogP contribution < -0.4 is 16.0 Å². The third kappa shape index (κ3) is 4.12. The Morgan fingerprint density at radius 2 is 1.97 bits per heavy atom. The van der Waals surface area contributed by atoms with E-state index in [9.17, 15) is 19.5 Å². The van der Waals surface area contributed by atoms with Crippen LogP contribution in [0.15, 0.2) is 18.2 Å². The third-order valence-corrected chi connectivity index (χ3v) is 6.66. The van der Waals surface area contributed by atoms with E-state index in [-0.39, 0.29) is 24.2 Å². The molecule has 1 aromatic rings. The van der Waals surface area contributed by atoms with Gasteiger partial charge in [-0.3, -0.25) is 19.7 Å². The average Bonchev–Trinajstić information content (AvgIpc) is 3.06. The number of hydrogen-bond donors (Lipinski definition) is 4. The minimum absolute atomic E-state index is 0.165. The fraction of sp³-hybridized carbons (Fsp3) is 0.591. The summed E-state index contributed by atoms with van der Waals surface area (Å²) in [5.74, 6) is -0.601. The summed E-state index contributed by atoms with van der Waals surface area (Å²) in [7, 11) is 0. The van der Waals surface area contributed by atoms with E-state index >= 15 is 0 Å². The van der Waals surface area contributed by atoms with Crippen LogP contribution in [0.25, 0.3) is 0 Å². The van der Waals surface area contributed by atoms with E-state index in [0.29, 0.717) is 31.6 Å². The van der Waals surface area contributed by atoms with Crippen LogP contribution in [0.3, 0.4) is 0 Å². The molecule has 3 amide bonds. The first-order chi connectivity index (χ1) is 14.4. The Hall–Kier alpha value is -2.29. The molecule has 0 aromatic heterocycles. The van der Waals surface area contributed by atoms with E-state index in [1.807, 2.05) is 25.1 Å². The quantitative estimate of drug-likeness (QED) is 0.498. The minimum Gasteiger partial charge on any atom is -0.389 e. The molecule has 3 aliphatic rings. The van der Waals surface area contributed by atoms with Gasteiger partial charge in [-0.1, -0.05) is 18.2 Å². The number of amides is 3. The molecule has 4 N–H and O–H groups in total. The molecule has 8 nitrogen and oxygen atoms in total. The van der Waals surface area contributed by atoms with Crippen molar-refractivity contribution in [2.24, 2.45) is 5.92 Å². The van der Waals surface area contributed by atoms with E-state index in [0.717, 1.165) is 37.1 Å². The molecule has 0 saturated carbocycles. The number of piperidine rings is 2. The summed E-state index contributed by atoms with van der Waals surface area (Å²) in [4.78, 5) is 38.4. The van der Waals surface area contributed by atoms with E-state index in [1.54, 1.807) is 4.90 Å². The molecule has 30 heavy (non-hydrogen) atoms. The first-order valence-corrected chi connectivity index (χ1v) is 10.8. The molecule has 4 rings (SSSR count). The lowest BCUT2D eigenvalue weighted by Gasteiger charge is -2.36. The molecule has 8 heteroatoms. The second kappa shape index (κ2) is 8.45. The largest absolute Gasteiger partial charge is 0.389 e. The van der Waals surface area contributed by atoms with Gasteiger partial charge in [-0.15, -0.1) is 0 Å². The Morgan fingerprint density at radius 3 is 2.70 bits per heavy atom. The van der Waals surface area contributed by atoms with Gasteiger partial charge in [-0.2, -0.15) is 0 Å². The van der Waals surface area contributed by atoms with Gasteiger partial charge in [-0.25, -0.2) is 0 Å². The van der Waals surface area contributed by atoms with E-state index in [1.165, 1.54) is 0 Å². The van der Waals surface area contributed by atoms with Crippen molar-refractivity contribution in [2.45, 2.75) is 57.3 Å². The minimum atomic E-state index is -0.803. The topological polar surface area (TPSA) is 111 Å². The van der Waals surface area contributed by atoms with Crippen molar-refractivity contribution < 1.29 is 19.5 Å². The number of hydrogen-bond acceptors (Lipinski definition) is 6. The van der Waals surface area contributed by atoms with E-state index in [4.69, 9.17) is 0 Å². The number of carbonyl (C=O) groups excluding carboxylic acids is 3. The predicted molar refractivity (Wildman–Crippen MR) is 110 cm³/mol. The highest BCUT2D eigenvalue weighted by atomic mass is 16.3. The second-order valence-electron chi connectivity index (χ2n) is 8.84. The molecule has 3 aliphatic heterocycles. The van der Waals surface area contributed by atoms with Gasteiger partial charge < -0.3 is 20.6 Å². The monoisotopic (exact) mass is 414 g/mol. The molecule has 2 atom stereocenters. The van der Waals surface area contributed by atoms with Crippen LogP contribution in [0, 0.1) is 5.92 Å². The van der Waals surface area contributed by atoms with E-state index in [2.05, 4.69) is 16.0 Å². The highest BCUT2D eigenvalue weighted by molar-refractivity contribution is 6.05. The van der Waals surface area contributed by atoms with Crippen molar-refractivity contribution >= 4 is 17.7 Å². The maximum absolute atomic E-state index is 13.1. The summed E-state index contributed by atoms with van der Waals surface area (Å²) < 4.78 is 0. The Morgan fingerprint density at radius 1 is 1.20 bits per heavy atom. The summed E-state index contributed by atoms with van der Waals surface area (Å²) in [6.07, 6.45) is 2.51. The van der Waals surface area contributed by atoms with Crippen LogP contribution in [-0.2, 0) is 22.7 Å². The lowest BCUT2D eigenvalue weighted by atomic mass is 9.82. The second-order valence-corrected chi connectivity index (χ2v) is 8.84. The molecule has 1 aromatic carbocycles. The number of nitrogens with zero attached hydrogens (tertiary/aromatic N) is 1. The van der Waals surface area contributed by atoms with Crippen LogP contribution in [0.1, 0.15) is 54.1 Å². The maximum atomic E-state index is 13.1. The number of rotatable bonds is 6. The predicted octanol–water partition coefficient (Wildman–Crippen LogP) is 0.288. The summed E-state index contributed by atoms with van der Waals surface area (Å²) in [5, 5.41) is 19.9. The fourth-order valence-electron chi connectivity index (χ4n) is 4.88. The van der Waals surface area contributed by atoms with Gasteiger partial charge in [0.1, 0.15) is 6.04 Å². The summed E-state index contributed by atoms with van der Waals surface area (Å²) >= 11 is 0. The van der Waals surface area contributed by atoms with Crippen LogP contribution in [0.4, 0.5) is 0 Å². The summed E-state index contributed by atoms with van der Waals surface area (Å²) in [5.41, 5.74) is 1.60. The van der Waals surface area contributed by atoms with Crippen LogP contribution >= 0.6 is 0 Å². The molecule has 0 spiro atoms. The first kappa shape index (κ1) is 21.0. The van der Waals surface area contributed by atoms with Crippen molar-refractivity contribution in [3.05, 3.63) is 34.9 Å². The van der Waals surface area contributed by atoms with Gasteiger partial charge in [0.15, 0.2) is 0 Å². The van der Waals surface area contributed by atoms with Crippen LogP contribution in [0.5, 0.6) is 0 Å². The molecule has 0 bridgehead atoms.